The zero-order valence-electron chi connectivity index (χ0n) is 23.3. The van der Waals surface area contributed by atoms with Crippen LogP contribution in [0.15, 0.2) is 47.4 Å². The lowest BCUT2D eigenvalue weighted by molar-refractivity contribution is -0.109. The number of amides is 1. The number of hydrogen-bond donors (Lipinski definition) is 3. The third-order valence-electron chi connectivity index (χ3n) is 6.15. The van der Waals surface area contributed by atoms with Crippen molar-refractivity contribution in [2.24, 2.45) is 5.41 Å². The minimum Gasteiger partial charge on any atom is -0.492 e. The maximum Gasteiger partial charge on any atom is 0.265 e. The van der Waals surface area contributed by atoms with E-state index in [1.165, 1.54) is 19.3 Å². The molecular formula is C29H45N3O4S. The Labute approximate surface area is 223 Å². The smallest absolute Gasteiger partial charge is 0.265 e. The fourth-order valence-electron chi connectivity index (χ4n) is 4.70. The molecule has 0 radical (unpaired) electrons. The highest BCUT2D eigenvalue weighted by Gasteiger charge is 2.30. The Bertz CT molecular complexity index is 1090. The van der Waals surface area contributed by atoms with Gasteiger partial charge in [-0.3, -0.25) is 20.4 Å². The number of sulfonamides is 1. The molecule has 0 aliphatic heterocycles. The standard InChI is InChI=1S/C29H45N3O4S/c1-7-8-9-10-11-12-19-36-26-18-13-23(29(5,6)21-28(2,3)4)20-27(26)37(34,35)32-25-16-14-24(15-17-25)31-30-22-33/h13-18,20,22,31-32H,7-12,19,21H2,1-6H3,(H,30,33). The predicted octanol–water partition coefficient (Wildman–Crippen LogP) is 7.01. The Hall–Kier alpha value is -2.74. The lowest BCUT2D eigenvalue weighted by Gasteiger charge is -2.33. The van der Waals surface area contributed by atoms with Gasteiger partial charge in [-0.15, -0.1) is 0 Å². The van der Waals surface area contributed by atoms with Gasteiger partial charge in [0.25, 0.3) is 10.0 Å². The molecule has 1 amide bonds. The molecule has 0 fully saturated rings. The Kier molecular flexibility index (Phi) is 11.3. The Morgan fingerprint density at radius 3 is 2.11 bits per heavy atom. The highest BCUT2D eigenvalue weighted by atomic mass is 32.2. The van der Waals surface area contributed by atoms with Crippen LogP contribution in [0.25, 0.3) is 0 Å². The van der Waals surface area contributed by atoms with Crippen LogP contribution in [0.2, 0.25) is 0 Å². The lowest BCUT2D eigenvalue weighted by Crippen LogP contribution is -2.25. The van der Waals surface area contributed by atoms with Crippen molar-refractivity contribution in [3.63, 3.8) is 0 Å². The van der Waals surface area contributed by atoms with Crippen molar-refractivity contribution in [3.05, 3.63) is 48.0 Å². The van der Waals surface area contributed by atoms with E-state index >= 15 is 0 Å². The van der Waals surface area contributed by atoms with Gasteiger partial charge < -0.3 is 4.74 Å². The molecule has 0 bridgehead atoms. The summed E-state index contributed by atoms with van der Waals surface area (Å²) in [5, 5.41) is 0. The second-order valence-electron chi connectivity index (χ2n) is 11.5. The maximum absolute atomic E-state index is 13.6. The van der Waals surface area contributed by atoms with Gasteiger partial charge in [0, 0.05) is 5.69 Å². The molecule has 0 heterocycles. The van der Waals surface area contributed by atoms with Crippen LogP contribution in [0.3, 0.4) is 0 Å². The topological polar surface area (TPSA) is 96.5 Å². The molecule has 0 saturated heterocycles. The molecular weight excluding hydrogens is 486 g/mol. The van der Waals surface area contributed by atoms with Crippen LogP contribution in [0.1, 0.15) is 92.1 Å². The lowest BCUT2D eigenvalue weighted by atomic mass is 9.72. The fraction of sp³-hybridized carbons (Fsp3) is 0.552. The molecule has 0 aromatic heterocycles. The molecule has 2 aromatic rings. The van der Waals surface area contributed by atoms with Gasteiger partial charge in [-0.25, -0.2) is 8.42 Å². The molecule has 0 atom stereocenters. The number of rotatable bonds is 16. The summed E-state index contributed by atoms with van der Waals surface area (Å²) < 4.78 is 35.9. The predicted molar refractivity (Wildman–Crippen MR) is 152 cm³/mol. The Balaban J connectivity index is 2.29. The van der Waals surface area contributed by atoms with Crippen molar-refractivity contribution in [1.29, 1.82) is 0 Å². The van der Waals surface area contributed by atoms with Gasteiger partial charge in [0.15, 0.2) is 0 Å². The van der Waals surface area contributed by atoms with Gasteiger partial charge in [0.05, 0.1) is 12.3 Å². The molecule has 0 spiro atoms. The molecule has 8 heteroatoms. The summed E-state index contributed by atoms with van der Waals surface area (Å²) in [6.07, 6.45) is 8.20. The highest BCUT2D eigenvalue weighted by molar-refractivity contribution is 7.92. The number of hydrogen-bond acceptors (Lipinski definition) is 5. The zero-order valence-corrected chi connectivity index (χ0v) is 24.1. The van der Waals surface area contributed by atoms with Gasteiger partial charge in [-0.1, -0.05) is 79.7 Å². The van der Waals surface area contributed by atoms with Crippen LogP contribution in [-0.2, 0) is 20.2 Å². The van der Waals surface area contributed by atoms with Crippen molar-refractivity contribution in [2.75, 3.05) is 16.8 Å². The van der Waals surface area contributed by atoms with E-state index in [0.717, 1.165) is 31.2 Å². The quantitative estimate of drug-likeness (QED) is 0.123. The normalized spacial score (nSPS) is 12.2. The third kappa shape index (κ3) is 10.3. The number of carbonyl (C=O) groups excluding carboxylic acids is 1. The average Bonchev–Trinajstić information content (AvgIpc) is 2.81. The molecule has 3 N–H and O–H groups in total. The van der Waals surface area contributed by atoms with Gasteiger partial charge in [-0.05, 0) is 65.6 Å². The van der Waals surface area contributed by atoms with Crippen molar-refractivity contribution in [1.82, 2.24) is 5.43 Å². The van der Waals surface area contributed by atoms with Gasteiger partial charge in [0.1, 0.15) is 10.6 Å². The molecule has 0 unspecified atom stereocenters. The van der Waals surface area contributed by atoms with E-state index in [1.807, 2.05) is 6.07 Å². The minimum atomic E-state index is -3.92. The summed E-state index contributed by atoms with van der Waals surface area (Å²) in [5.41, 5.74) is 6.91. The number of ether oxygens (including phenoxy) is 1. The van der Waals surface area contributed by atoms with E-state index in [-0.39, 0.29) is 15.7 Å². The van der Waals surface area contributed by atoms with Crippen molar-refractivity contribution >= 4 is 27.8 Å². The summed E-state index contributed by atoms with van der Waals surface area (Å²) in [4.78, 5) is 10.6. The number of unbranched alkanes of at least 4 members (excludes halogenated alkanes) is 5. The average molecular weight is 532 g/mol. The van der Waals surface area contributed by atoms with E-state index in [4.69, 9.17) is 4.74 Å². The van der Waals surface area contributed by atoms with Crippen LogP contribution in [0.4, 0.5) is 11.4 Å². The Morgan fingerprint density at radius 1 is 0.865 bits per heavy atom. The zero-order chi connectivity index (χ0) is 27.5. The van der Waals surface area contributed by atoms with E-state index < -0.39 is 10.0 Å². The maximum atomic E-state index is 13.6. The second kappa shape index (κ2) is 13.7. The highest BCUT2D eigenvalue weighted by Crippen LogP contribution is 2.39. The minimum absolute atomic E-state index is 0.0855. The van der Waals surface area contributed by atoms with E-state index in [1.54, 1.807) is 36.4 Å². The Morgan fingerprint density at radius 2 is 1.49 bits per heavy atom. The van der Waals surface area contributed by atoms with Crippen LogP contribution >= 0.6 is 0 Å². The SMILES string of the molecule is CCCCCCCCOc1ccc(C(C)(C)CC(C)(C)C)cc1S(=O)(=O)Nc1ccc(NNC=O)cc1. The van der Waals surface area contributed by atoms with Crippen LogP contribution in [0.5, 0.6) is 5.75 Å². The second-order valence-corrected chi connectivity index (χ2v) is 13.1. The van der Waals surface area contributed by atoms with Gasteiger partial charge >= 0.3 is 0 Å². The number of carbonyl (C=O) groups is 1. The first-order chi connectivity index (χ1) is 17.4. The number of anilines is 2. The van der Waals surface area contributed by atoms with Crippen molar-refractivity contribution < 1.29 is 17.9 Å². The molecule has 0 aliphatic carbocycles. The molecule has 0 saturated carbocycles. The summed E-state index contributed by atoms with van der Waals surface area (Å²) in [6, 6.07) is 12.2. The molecule has 7 nitrogen and oxygen atoms in total. The summed E-state index contributed by atoms with van der Waals surface area (Å²) >= 11 is 0. The van der Waals surface area contributed by atoms with Crippen LogP contribution in [0, 0.1) is 5.41 Å². The van der Waals surface area contributed by atoms with E-state index in [9.17, 15) is 13.2 Å². The summed E-state index contributed by atoms with van der Waals surface area (Å²) in [6.45, 7) is 13.5. The molecule has 206 valence electrons. The van der Waals surface area contributed by atoms with Gasteiger partial charge in [0.2, 0.25) is 6.41 Å². The molecule has 2 aromatic carbocycles. The largest absolute Gasteiger partial charge is 0.492 e. The van der Waals surface area contributed by atoms with Crippen molar-refractivity contribution in [2.45, 2.75) is 96.8 Å². The third-order valence-corrected chi connectivity index (χ3v) is 7.56. The van der Waals surface area contributed by atoms with Crippen molar-refractivity contribution in [3.8, 4) is 5.75 Å². The number of hydrazine groups is 1. The summed E-state index contributed by atoms with van der Waals surface area (Å²) in [5.74, 6) is 0.366. The van der Waals surface area contributed by atoms with Gasteiger partial charge in [-0.2, -0.15) is 0 Å². The van der Waals surface area contributed by atoms with Crippen LogP contribution < -0.4 is 20.3 Å². The molecule has 0 aliphatic rings. The first kappa shape index (κ1) is 30.5. The first-order valence-corrected chi connectivity index (χ1v) is 14.7. The fourth-order valence-corrected chi connectivity index (χ4v) is 5.93. The number of nitrogens with one attached hydrogen (secondary N) is 3. The van der Waals surface area contributed by atoms with Crippen LogP contribution in [-0.4, -0.2) is 21.4 Å². The molecule has 2 rings (SSSR count). The van der Waals surface area contributed by atoms with E-state index in [0.29, 0.717) is 30.1 Å². The molecule has 37 heavy (non-hydrogen) atoms. The number of benzene rings is 2. The first-order valence-electron chi connectivity index (χ1n) is 13.2. The van der Waals surface area contributed by atoms with E-state index in [2.05, 4.69) is 57.1 Å². The monoisotopic (exact) mass is 531 g/mol. The summed E-state index contributed by atoms with van der Waals surface area (Å²) in [7, 11) is -3.92.